The average Bonchev–Trinajstić information content (AvgIpc) is 3.47. The summed E-state index contributed by atoms with van der Waals surface area (Å²) in [4.78, 5) is 38.0. The number of methoxy groups -OCH3 is 1. The molecule has 0 radical (unpaired) electrons. The number of pyridine rings is 1. The third-order valence-corrected chi connectivity index (χ3v) is 7.80. The fourth-order valence-electron chi connectivity index (χ4n) is 5.13. The smallest absolute Gasteiger partial charge is 0.339 e. The Hall–Kier alpha value is -4.60. The summed E-state index contributed by atoms with van der Waals surface area (Å²) in [6, 6.07) is 25.4. The van der Waals surface area contributed by atoms with Crippen LogP contribution in [0.2, 0.25) is 0 Å². The number of aromatic nitrogens is 2. The van der Waals surface area contributed by atoms with Gasteiger partial charge in [0.1, 0.15) is 5.75 Å². The third kappa shape index (κ3) is 5.82. The van der Waals surface area contributed by atoms with Gasteiger partial charge in [-0.15, -0.1) is 11.3 Å². The summed E-state index contributed by atoms with van der Waals surface area (Å²) in [5.41, 5.74) is 5.70. The van der Waals surface area contributed by atoms with Crippen molar-refractivity contribution >= 4 is 39.2 Å². The van der Waals surface area contributed by atoms with E-state index in [9.17, 15) is 9.59 Å². The largest absolute Gasteiger partial charge is 0.496 e. The van der Waals surface area contributed by atoms with Crippen molar-refractivity contribution in [3.63, 3.8) is 0 Å². The number of anilines is 1. The minimum atomic E-state index is -0.537. The van der Waals surface area contributed by atoms with Crippen molar-refractivity contribution in [1.82, 2.24) is 14.9 Å². The van der Waals surface area contributed by atoms with Gasteiger partial charge in [-0.1, -0.05) is 60.7 Å². The molecule has 2 aromatic heterocycles. The molecule has 0 atom stereocenters. The monoisotopic (exact) mass is 564 g/mol. The number of nitrogens with zero attached hydrogens (tertiary/aromatic N) is 3. The quantitative estimate of drug-likeness (QED) is 0.241. The molecule has 8 nitrogen and oxygen atoms in total. The van der Waals surface area contributed by atoms with Crippen molar-refractivity contribution in [1.29, 1.82) is 0 Å². The highest BCUT2D eigenvalue weighted by molar-refractivity contribution is 7.14. The molecule has 1 aliphatic heterocycles. The Balaban J connectivity index is 1.18. The molecule has 5 aromatic rings. The van der Waals surface area contributed by atoms with Gasteiger partial charge in [-0.05, 0) is 23.8 Å². The fraction of sp³-hybridized carbons (Fsp3) is 0.188. The van der Waals surface area contributed by atoms with E-state index in [1.54, 1.807) is 7.11 Å². The second-order valence-electron chi connectivity index (χ2n) is 9.74. The zero-order valence-corrected chi connectivity index (χ0v) is 23.3. The fourth-order valence-corrected chi connectivity index (χ4v) is 5.85. The summed E-state index contributed by atoms with van der Waals surface area (Å²) in [5, 5.41) is 5.72. The molecule has 3 heterocycles. The predicted octanol–water partition coefficient (Wildman–Crippen LogP) is 5.72. The lowest BCUT2D eigenvalue weighted by molar-refractivity contribution is -0.119. The van der Waals surface area contributed by atoms with Gasteiger partial charge < -0.3 is 9.47 Å². The van der Waals surface area contributed by atoms with Crippen LogP contribution in [0.5, 0.6) is 5.75 Å². The van der Waals surface area contributed by atoms with Crippen LogP contribution in [-0.4, -0.2) is 47.0 Å². The highest BCUT2D eigenvalue weighted by atomic mass is 32.1. The van der Waals surface area contributed by atoms with Crippen molar-refractivity contribution in [2.45, 2.75) is 19.5 Å². The molecule has 1 amide bonds. The second-order valence-corrected chi connectivity index (χ2v) is 10.6. The summed E-state index contributed by atoms with van der Waals surface area (Å²) >= 11 is 1.29. The molecule has 9 heteroatoms. The Morgan fingerprint density at radius 3 is 2.61 bits per heavy atom. The molecule has 0 bridgehead atoms. The Bertz CT molecular complexity index is 1720. The Morgan fingerprint density at radius 2 is 1.76 bits per heavy atom. The normalized spacial score (nSPS) is 13.0. The number of hydrogen-bond donors (Lipinski definition) is 1. The predicted molar refractivity (Wildman–Crippen MR) is 159 cm³/mol. The SMILES string of the molecule is COc1ccccc1-c1csc(NC(=O)COC(=O)c2c3c(nc4ccccc24)CCN(Cc2ccccc2)C3)n1. The van der Waals surface area contributed by atoms with Crippen LogP contribution in [0.15, 0.2) is 84.2 Å². The molecule has 41 heavy (non-hydrogen) atoms. The summed E-state index contributed by atoms with van der Waals surface area (Å²) in [6.45, 7) is 1.76. The summed E-state index contributed by atoms with van der Waals surface area (Å²) in [7, 11) is 1.60. The Labute approximate surface area is 241 Å². The maximum Gasteiger partial charge on any atom is 0.339 e. The second kappa shape index (κ2) is 11.9. The number of amides is 1. The first-order chi connectivity index (χ1) is 20.1. The van der Waals surface area contributed by atoms with Gasteiger partial charge in [0.25, 0.3) is 5.91 Å². The zero-order valence-electron chi connectivity index (χ0n) is 22.5. The molecule has 206 valence electrons. The first-order valence-electron chi connectivity index (χ1n) is 13.3. The number of ether oxygens (including phenoxy) is 2. The zero-order chi connectivity index (χ0) is 28.2. The summed E-state index contributed by atoms with van der Waals surface area (Å²) in [5.74, 6) is -0.303. The van der Waals surface area contributed by atoms with Gasteiger partial charge in [-0.3, -0.25) is 20.0 Å². The van der Waals surface area contributed by atoms with Crippen molar-refractivity contribution < 1.29 is 19.1 Å². The minimum Gasteiger partial charge on any atom is -0.496 e. The van der Waals surface area contributed by atoms with Crippen LogP contribution >= 0.6 is 11.3 Å². The average molecular weight is 565 g/mol. The minimum absolute atomic E-state index is 0.412. The van der Waals surface area contributed by atoms with E-state index >= 15 is 0 Å². The molecule has 0 aliphatic carbocycles. The number of nitrogens with one attached hydrogen (secondary N) is 1. The van der Waals surface area contributed by atoms with Gasteiger partial charge in [0, 0.05) is 53.6 Å². The molecule has 0 unspecified atom stereocenters. The standard InChI is InChI=1S/C32H28N4O4S/c1-39-28-14-8-6-11-22(28)27-20-41-32(34-27)35-29(37)19-40-31(38)30-23-12-5-7-13-25(23)33-26-15-16-36(18-24(26)30)17-21-9-3-2-4-10-21/h2-14,20H,15-19H2,1H3,(H,34,35,37). The number of hydrogen-bond acceptors (Lipinski definition) is 8. The first-order valence-corrected chi connectivity index (χ1v) is 14.2. The topological polar surface area (TPSA) is 93.6 Å². The molecule has 0 spiro atoms. The molecule has 1 N–H and O–H groups in total. The number of benzene rings is 3. The third-order valence-electron chi connectivity index (χ3n) is 7.05. The molecule has 0 saturated carbocycles. The van der Waals surface area contributed by atoms with E-state index in [4.69, 9.17) is 14.5 Å². The molecule has 6 rings (SSSR count). The lowest BCUT2D eigenvalue weighted by Gasteiger charge is -2.30. The molecular weight excluding hydrogens is 536 g/mol. The van der Waals surface area contributed by atoms with Crippen LogP contribution in [0.4, 0.5) is 5.13 Å². The highest BCUT2D eigenvalue weighted by Crippen LogP contribution is 2.32. The number of esters is 1. The van der Waals surface area contributed by atoms with E-state index in [0.717, 1.165) is 47.2 Å². The number of para-hydroxylation sites is 2. The lowest BCUT2D eigenvalue weighted by Crippen LogP contribution is -2.32. The summed E-state index contributed by atoms with van der Waals surface area (Å²) in [6.07, 6.45) is 0.729. The maximum atomic E-state index is 13.5. The molecule has 0 fully saturated rings. The van der Waals surface area contributed by atoms with E-state index in [-0.39, 0.29) is 0 Å². The Kier molecular flexibility index (Phi) is 7.71. The van der Waals surface area contributed by atoms with Crippen LogP contribution in [-0.2, 0) is 29.0 Å². The van der Waals surface area contributed by atoms with Crippen LogP contribution in [0.3, 0.4) is 0 Å². The number of fused-ring (bicyclic) bond motifs is 2. The first kappa shape index (κ1) is 26.6. The van der Waals surface area contributed by atoms with Gasteiger partial charge in [0.05, 0.1) is 23.9 Å². The van der Waals surface area contributed by atoms with Gasteiger partial charge >= 0.3 is 5.97 Å². The van der Waals surface area contributed by atoms with Gasteiger partial charge in [0.15, 0.2) is 11.7 Å². The maximum absolute atomic E-state index is 13.5. The van der Waals surface area contributed by atoms with E-state index in [1.165, 1.54) is 16.9 Å². The van der Waals surface area contributed by atoms with Gasteiger partial charge in [0.2, 0.25) is 0 Å². The van der Waals surface area contributed by atoms with Gasteiger partial charge in [-0.2, -0.15) is 0 Å². The molecule has 0 saturated heterocycles. The van der Waals surface area contributed by atoms with Crippen LogP contribution in [0.1, 0.15) is 27.2 Å². The molecule has 1 aliphatic rings. The van der Waals surface area contributed by atoms with E-state index in [0.29, 0.717) is 28.7 Å². The number of carbonyl (C=O) groups excluding carboxylic acids is 2. The lowest BCUT2D eigenvalue weighted by atomic mass is 9.95. The van der Waals surface area contributed by atoms with Crippen molar-refractivity contribution in [2.75, 3.05) is 25.6 Å². The molecule has 3 aromatic carbocycles. The van der Waals surface area contributed by atoms with Crippen molar-refractivity contribution in [3.05, 3.63) is 107 Å². The van der Waals surface area contributed by atoms with E-state index < -0.39 is 18.5 Å². The Morgan fingerprint density at radius 1 is 0.976 bits per heavy atom. The molecular formula is C32H28N4O4S. The van der Waals surface area contributed by atoms with Gasteiger partial charge in [-0.25, -0.2) is 9.78 Å². The van der Waals surface area contributed by atoms with Crippen LogP contribution < -0.4 is 10.1 Å². The van der Waals surface area contributed by atoms with E-state index in [2.05, 4.69) is 27.3 Å². The van der Waals surface area contributed by atoms with Crippen LogP contribution in [0.25, 0.3) is 22.2 Å². The van der Waals surface area contributed by atoms with Crippen molar-refractivity contribution in [3.8, 4) is 17.0 Å². The van der Waals surface area contributed by atoms with Crippen LogP contribution in [0, 0.1) is 0 Å². The summed E-state index contributed by atoms with van der Waals surface area (Å²) < 4.78 is 11.0. The number of thiazole rings is 1. The van der Waals surface area contributed by atoms with E-state index in [1.807, 2.05) is 72.1 Å². The highest BCUT2D eigenvalue weighted by Gasteiger charge is 2.27. The van der Waals surface area contributed by atoms with Crippen molar-refractivity contribution in [2.24, 2.45) is 0 Å². The number of rotatable bonds is 8. The number of carbonyl (C=O) groups is 2.